The zero-order valence-corrected chi connectivity index (χ0v) is 7.93. The Balaban J connectivity index is 2.08. The van der Waals surface area contributed by atoms with Crippen molar-refractivity contribution in [2.24, 2.45) is 0 Å². The van der Waals surface area contributed by atoms with Crippen molar-refractivity contribution in [2.45, 2.75) is 24.7 Å². The molecule has 0 fully saturated rings. The van der Waals surface area contributed by atoms with E-state index in [0.29, 0.717) is 0 Å². The second kappa shape index (κ2) is 1.85. The summed E-state index contributed by atoms with van der Waals surface area (Å²) in [6.45, 7) is 0. The van der Waals surface area contributed by atoms with E-state index in [2.05, 4.69) is 12.1 Å². The van der Waals surface area contributed by atoms with Gasteiger partial charge < -0.3 is 0 Å². The Morgan fingerprint density at radius 1 is 1.15 bits per heavy atom. The molecule has 2 unspecified atom stereocenters. The minimum atomic E-state index is 0.720. The number of hydrogen-bond acceptors (Lipinski definition) is 0. The molecule has 0 spiro atoms. The summed E-state index contributed by atoms with van der Waals surface area (Å²) >= 11 is 6.22. The molecule has 0 radical (unpaired) electrons. The lowest BCUT2D eigenvalue weighted by Gasteiger charge is -2.41. The number of allylic oxidation sites excluding steroid dienone is 2. The SMILES string of the molecule is Clc1cccc2c1C1CC3=C1C2C3. The van der Waals surface area contributed by atoms with E-state index in [-0.39, 0.29) is 0 Å². The average molecular weight is 189 g/mol. The van der Waals surface area contributed by atoms with Gasteiger partial charge >= 0.3 is 0 Å². The fourth-order valence-electron chi connectivity index (χ4n) is 3.27. The molecule has 2 atom stereocenters. The van der Waals surface area contributed by atoms with E-state index in [0.717, 1.165) is 16.9 Å². The number of fused-ring (bicyclic) bond motifs is 3. The molecule has 0 nitrogen and oxygen atoms in total. The number of hydrogen-bond donors (Lipinski definition) is 0. The summed E-state index contributed by atoms with van der Waals surface area (Å²) in [5, 5.41) is 0.989. The highest BCUT2D eigenvalue weighted by atomic mass is 35.5. The molecule has 64 valence electrons. The van der Waals surface area contributed by atoms with Gasteiger partial charge in [-0.3, -0.25) is 0 Å². The highest BCUT2D eigenvalue weighted by Crippen LogP contribution is 2.67. The molecule has 3 aliphatic rings. The minimum absolute atomic E-state index is 0.720. The molecular weight excluding hydrogens is 180 g/mol. The fourth-order valence-corrected chi connectivity index (χ4v) is 3.58. The third-order valence-corrected chi connectivity index (χ3v) is 4.20. The molecule has 0 amide bonds. The van der Waals surface area contributed by atoms with Crippen molar-refractivity contribution in [2.75, 3.05) is 0 Å². The molecule has 0 heterocycles. The van der Waals surface area contributed by atoms with Crippen LogP contribution in [0, 0.1) is 0 Å². The largest absolute Gasteiger partial charge is 0.0840 e. The smallest absolute Gasteiger partial charge is 0.0447 e. The lowest BCUT2D eigenvalue weighted by Crippen LogP contribution is -2.24. The summed E-state index contributed by atoms with van der Waals surface area (Å²) in [5.41, 5.74) is 6.42. The van der Waals surface area contributed by atoms with Gasteiger partial charge in [-0.2, -0.15) is 0 Å². The second-order valence-corrected chi connectivity index (χ2v) is 4.72. The highest BCUT2D eigenvalue weighted by molar-refractivity contribution is 6.31. The molecule has 0 saturated carbocycles. The Labute approximate surface area is 82.2 Å². The maximum Gasteiger partial charge on any atom is 0.0447 e. The second-order valence-electron chi connectivity index (χ2n) is 4.32. The van der Waals surface area contributed by atoms with E-state index in [4.69, 9.17) is 11.6 Å². The Bertz CT molecular complexity index is 456. The van der Waals surface area contributed by atoms with Crippen LogP contribution in [-0.2, 0) is 0 Å². The normalized spacial score (nSPS) is 32.1. The van der Waals surface area contributed by atoms with E-state index in [1.165, 1.54) is 24.0 Å². The fraction of sp³-hybridized carbons (Fsp3) is 0.333. The molecule has 13 heavy (non-hydrogen) atoms. The van der Waals surface area contributed by atoms with Crippen molar-refractivity contribution in [3.8, 4) is 0 Å². The van der Waals surface area contributed by atoms with E-state index in [9.17, 15) is 0 Å². The van der Waals surface area contributed by atoms with Gasteiger partial charge in [-0.05, 0) is 30.0 Å². The van der Waals surface area contributed by atoms with Crippen LogP contribution in [-0.4, -0.2) is 0 Å². The summed E-state index contributed by atoms with van der Waals surface area (Å²) in [6.07, 6.45) is 2.61. The monoisotopic (exact) mass is 188 g/mol. The van der Waals surface area contributed by atoms with Crippen molar-refractivity contribution >= 4 is 11.6 Å². The lowest BCUT2D eigenvalue weighted by molar-refractivity contribution is 0.523. The predicted octanol–water partition coefficient (Wildman–Crippen LogP) is 3.62. The number of halogens is 1. The van der Waals surface area contributed by atoms with Gasteiger partial charge in [0.1, 0.15) is 0 Å². The van der Waals surface area contributed by atoms with Crippen molar-refractivity contribution in [1.29, 1.82) is 0 Å². The third kappa shape index (κ3) is 0.566. The van der Waals surface area contributed by atoms with Crippen LogP contribution < -0.4 is 0 Å². The van der Waals surface area contributed by atoms with E-state index >= 15 is 0 Å². The first-order valence-electron chi connectivity index (χ1n) is 4.86. The highest BCUT2D eigenvalue weighted by Gasteiger charge is 2.51. The topological polar surface area (TPSA) is 0 Å². The summed E-state index contributed by atoms with van der Waals surface area (Å²) in [7, 11) is 0. The molecule has 0 aromatic heterocycles. The molecular formula is C12H9Cl. The molecule has 0 aliphatic heterocycles. The van der Waals surface area contributed by atoms with Crippen molar-refractivity contribution < 1.29 is 0 Å². The first-order chi connectivity index (χ1) is 6.36. The van der Waals surface area contributed by atoms with Gasteiger partial charge in [0.2, 0.25) is 0 Å². The molecule has 0 saturated heterocycles. The predicted molar refractivity (Wildman–Crippen MR) is 53.2 cm³/mol. The van der Waals surface area contributed by atoms with Crippen LogP contribution in [0.1, 0.15) is 35.8 Å². The van der Waals surface area contributed by atoms with Crippen LogP contribution in [0.3, 0.4) is 0 Å². The quantitative estimate of drug-likeness (QED) is 0.546. The molecule has 0 N–H and O–H groups in total. The zero-order chi connectivity index (χ0) is 8.58. The molecule has 3 aliphatic carbocycles. The standard InChI is InChI=1S/C12H9Cl/c13-10-3-1-2-7-8-4-6-5-9(11(6)8)12(7)10/h1-3,8-9H,4-5H2. The van der Waals surface area contributed by atoms with Gasteiger partial charge in [0.05, 0.1) is 0 Å². The Morgan fingerprint density at radius 3 is 2.85 bits per heavy atom. The molecule has 1 aromatic rings. The van der Waals surface area contributed by atoms with Crippen molar-refractivity contribution in [1.82, 2.24) is 0 Å². The maximum absolute atomic E-state index is 6.22. The summed E-state index contributed by atoms with van der Waals surface area (Å²) in [6, 6.07) is 6.38. The van der Waals surface area contributed by atoms with Crippen LogP contribution in [0.2, 0.25) is 5.02 Å². The van der Waals surface area contributed by atoms with Crippen molar-refractivity contribution in [3.63, 3.8) is 0 Å². The zero-order valence-electron chi connectivity index (χ0n) is 7.18. The van der Waals surface area contributed by atoms with E-state index in [1.54, 1.807) is 11.1 Å². The number of benzene rings is 1. The Kier molecular flexibility index (Phi) is 0.951. The maximum atomic E-state index is 6.22. The minimum Gasteiger partial charge on any atom is -0.0840 e. The van der Waals surface area contributed by atoms with Crippen LogP contribution in [0.4, 0.5) is 0 Å². The van der Waals surface area contributed by atoms with Gasteiger partial charge in [-0.1, -0.05) is 34.9 Å². The van der Waals surface area contributed by atoms with Crippen LogP contribution in [0.25, 0.3) is 0 Å². The Morgan fingerprint density at radius 2 is 2.00 bits per heavy atom. The molecule has 1 aromatic carbocycles. The first-order valence-corrected chi connectivity index (χ1v) is 5.24. The molecule has 1 heteroatoms. The van der Waals surface area contributed by atoms with Crippen LogP contribution >= 0.6 is 11.6 Å². The van der Waals surface area contributed by atoms with Gasteiger partial charge in [-0.15, -0.1) is 0 Å². The lowest BCUT2D eigenvalue weighted by atomic mass is 9.63. The molecule has 4 rings (SSSR count). The van der Waals surface area contributed by atoms with Gasteiger partial charge in [0, 0.05) is 16.9 Å². The Hall–Kier alpha value is -0.750. The number of rotatable bonds is 0. The summed E-state index contributed by atoms with van der Waals surface area (Å²) in [5.74, 6) is 1.49. The average Bonchev–Trinajstić information content (AvgIpc) is 2.22. The van der Waals surface area contributed by atoms with Gasteiger partial charge in [-0.25, -0.2) is 0 Å². The van der Waals surface area contributed by atoms with Gasteiger partial charge in [0.25, 0.3) is 0 Å². The van der Waals surface area contributed by atoms with Crippen LogP contribution in [0.5, 0.6) is 0 Å². The molecule has 0 bridgehead atoms. The van der Waals surface area contributed by atoms with Crippen molar-refractivity contribution in [3.05, 3.63) is 45.5 Å². The van der Waals surface area contributed by atoms with Crippen LogP contribution in [0.15, 0.2) is 29.3 Å². The summed E-state index contributed by atoms with van der Waals surface area (Å²) in [4.78, 5) is 0. The van der Waals surface area contributed by atoms with E-state index < -0.39 is 0 Å². The van der Waals surface area contributed by atoms with Gasteiger partial charge in [0.15, 0.2) is 0 Å². The summed E-state index contributed by atoms with van der Waals surface area (Å²) < 4.78 is 0. The van der Waals surface area contributed by atoms with E-state index in [1.807, 2.05) is 6.07 Å². The third-order valence-electron chi connectivity index (χ3n) is 3.87. The first kappa shape index (κ1) is 6.67.